The van der Waals surface area contributed by atoms with Crippen molar-refractivity contribution in [1.82, 2.24) is 10.3 Å². The minimum absolute atomic E-state index is 0. The molecule has 1 atom stereocenters. The number of benzene rings is 1. The predicted molar refractivity (Wildman–Crippen MR) is 89.4 cm³/mol. The molecule has 2 aromatic rings. The van der Waals surface area contributed by atoms with Gasteiger partial charge in [0.25, 0.3) is 5.91 Å². The van der Waals surface area contributed by atoms with Gasteiger partial charge < -0.3 is 11.1 Å². The van der Waals surface area contributed by atoms with Crippen molar-refractivity contribution < 1.29 is 9.18 Å². The average Bonchev–Trinajstić information content (AvgIpc) is 2.91. The maximum atomic E-state index is 13.1. The standard InChI is InChI=1S/C14H15ClFN3OS.ClH/c1-8(9-2-3-11(16)10(15)6-9)18-14(20)12-7-21-13(19-12)4-5-17;/h2-3,6-8H,4-5,17H2,1H3,(H,18,20);1H. The second-order valence-electron chi connectivity index (χ2n) is 4.53. The van der Waals surface area contributed by atoms with Crippen molar-refractivity contribution in [2.45, 2.75) is 19.4 Å². The summed E-state index contributed by atoms with van der Waals surface area (Å²) in [5, 5.41) is 5.37. The second-order valence-corrected chi connectivity index (χ2v) is 5.88. The number of nitrogens with one attached hydrogen (secondary N) is 1. The number of hydrogen-bond acceptors (Lipinski definition) is 4. The Kier molecular flexibility index (Phi) is 7.22. The van der Waals surface area contributed by atoms with Crippen molar-refractivity contribution in [3.63, 3.8) is 0 Å². The number of thiazole rings is 1. The molecule has 0 aliphatic carbocycles. The Bertz CT molecular complexity index is 651. The van der Waals surface area contributed by atoms with Gasteiger partial charge in [-0.1, -0.05) is 17.7 Å². The van der Waals surface area contributed by atoms with E-state index >= 15 is 0 Å². The van der Waals surface area contributed by atoms with Gasteiger partial charge >= 0.3 is 0 Å². The summed E-state index contributed by atoms with van der Waals surface area (Å²) >= 11 is 7.15. The van der Waals surface area contributed by atoms with Crippen molar-refractivity contribution in [2.75, 3.05) is 6.54 Å². The van der Waals surface area contributed by atoms with Crippen LogP contribution in [0.1, 0.15) is 34.0 Å². The first-order valence-electron chi connectivity index (χ1n) is 6.41. The van der Waals surface area contributed by atoms with Crippen molar-refractivity contribution in [1.29, 1.82) is 0 Å². The monoisotopic (exact) mass is 363 g/mol. The van der Waals surface area contributed by atoms with Gasteiger partial charge in [-0.3, -0.25) is 4.79 Å². The fourth-order valence-electron chi connectivity index (χ4n) is 1.79. The SMILES string of the molecule is CC(NC(=O)c1csc(CCN)n1)c1ccc(F)c(Cl)c1.Cl. The van der Waals surface area contributed by atoms with E-state index in [2.05, 4.69) is 10.3 Å². The zero-order valence-corrected chi connectivity index (χ0v) is 14.2. The molecule has 1 aromatic carbocycles. The maximum Gasteiger partial charge on any atom is 0.271 e. The summed E-state index contributed by atoms with van der Waals surface area (Å²) in [6.45, 7) is 2.30. The van der Waals surface area contributed by atoms with E-state index in [1.165, 1.54) is 23.5 Å². The van der Waals surface area contributed by atoms with Gasteiger partial charge in [0.15, 0.2) is 0 Å². The highest BCUT2D eigenvalue weighted by Crippen LogP contribution is 2.21. The van der Waals surface area contributed by atoms with Gasteiger partial charge in [-0.15, -0.1) is 23.7 Å². The summed E-state index contributed by atoms with van der Waals surface area (Å²) < 4.78 is 13.1. The number of amides is 1. The molecule has 0 saturated carbocycles. The molecule has 1 amide bonds. The highest BCUT2D eigenvalue weighted by atomic mass is 35.5. The van der Waals surface area contributed by atoms with Crippen LogP contribution in [0.2, 0.25) is 5.02 Å². The van der Waals surface area contributed by atoms with E-state index in [9.17, 15) is 9.18 Å². The van der Waals surface area contributed by atoms with Gasteiger partial charge in [-0.05, 0) is 31.2 Å². The fraction of sp³-hybridized carbons (Fsp3) is 0.286. The zero-order valence-electron chi connectivity index (χ0n) is 11.8. The lowest BCUT2D eigenvalue weighted by Crippen LogP contribution is -2.27. The Morgan fingerprint density at radius 3 is 2.91 bits per heavy atom. The molecule has 0 saturated heterocycles. The Labute approximate surface area is 143 Å². The lowest BCUT2D eigenvalue weighted by molar-refractivity contribution is 0.0935. The lowest BCUT2D eigenvalue weighted by atomic mass is 10.1. The van der Waals surface area contributed by atoms with Crippen molar-refractivity contribution in [2.24, 2.45) is 5.73 Å². The van der Waals surface area contributed by atoms with Gasteiger partial charge in [0.05, 0.1) is 16.1 Å². The van der Waals surface area contributed by atoms with Gasteiger partial charge in [0.1, 0.15) is 11.5 Å². The van der Waals surface area contributed by atoms with Crippen LogP contribution in [-0.2, 0) is 6.42 Å². The number of rotatable bonds is 5. The molecule has 0 fully saturated rings. The van der Waals surface area contributed by atoms with E-state index in [-0.39, 0.29) is 29.4 Å². The lowest BCUT2D eigenvalue weighted by Gasteiger charge is -2.14. The third-order valence-corrected chi connectivity index (χ3v) is 4.13. The fourth-order valence-corrected chi connectivity index (χ4v) is 2.77. The molecule has 4 nitrogen and oxygen atoms in total. The van der Waals surface area contributed by atoms with Crippen molar-refractivity contribution in [3.8, 4) is 0 Å². The number of nitrogens with two attached hydrogens (primary N) is 1. The molecule has 3 N–H and O–H groups in total. The largest absolute Gasteiger partial charge is 0.344 e. The Morgan fingerprint density at radius 2 is 2.27 bits per heavy atom. The quantitative estimate of drug-likeness (QED) is 0.855. The first kappa shape index (κ1) is 18.8. The highest BCUT2D eigenvalue weighted by molar-refractivity contribution is 7.09. The molecule has 2 rings (SSSR count). The zero-order chi connectivity index (χ0) is 15.4. The average molecular weight is 364 g/mol. The number of carbonyl (C=O) groups excluding carboxylic acids is 1. The van der Waals surface area contributed by atoms with Crippen LogP contribution in [0.15, 0.2) is 23.6 Å². The van der Waals surface area contributed by atoms with Crippen LogP contribution in [0, 0.1) is 5.82 Å². The van der Waals surface area contributed by atoms with Gasteiger partial charge in [0, 0.05) is 11.8 Å². The number of halogens is 3. The molecule has 1 unspecified atom stereocenters. The summed E-state index contributed by atoms with van der Waals surface area (Å²) in [6.07, 6.45) is 0.654. The molecule has 1 heterocycles. The van der Waals surface area contributed by atoms with Crippen molar-refractivity contribution >= 4 is 41.3 Å². The van der Waals surface area contributed by atoms with E-state index < -0.39 is 5.82 Å². The first-order valence-corrected chi connectivity index (χ1v) is 7.67. The van der Waals surface area contributed by atoms with Crippen LogP contribution >= 0.6 is 35.3 Å². The summed E-state index contributed by atoms with van der Waals surface area (Å²) in [4.78, 5) is 16.3. The van der Waals surface area contributed by atoms with Crippen LogP contribution in [-0.4, -0.2) is 17.4 Å². The molecule has 0 spiro atoms. The van der Waals surface area contributed by atoms with Gasteiger partial charge in [0.2, 0.25) is 0 Å². The van der Waals surface area contributed by atoms with Crippen molar-refractivity contribution in [3.05, 3.63) is 50.7 Å². The van der Waals surface area contributed by atoms with Crippen LogP contribution in [0.25, 0.3) is 0 Å². The highest BCUT2D eigenvalue weighted by Gasteiger charge is 2.15. The minimum Gasteiger partial charge on any atom is -0.344 e. The Hall–Kier alpha value is -1.21. The predicted octanol–water partition coefficient (Wildman–Crippen LogP) is 3.35. The molecule has 1 aromatic heterocycles. The smallest absolute Gasteiger partial charge is 0.271 e. The topological polar surface area (TPSA) is 68.0 Å². The molecule has 0 aliphatic rings. The minimum atomic E-state index is -0.482. The molecular formula is C14H16Cl2FN3OS. The number of aromatic nitrogens is 1. The number of hydrogen-bond donors (Lipinski definition) is 2. The molecule has 0 aliphatic heterocycles. The van der Waals surface area contributed by atoms with Crippen LogP contribution in [0.3, 0.4) is 0 Å². The molecule has 120 valence electrons. The molecular weight excluding hydrogens is 348 g/mol. The molecule has 0 bridgehead atoms. The van der Waals surface area contributed by atoms with E-state index in [0.29, 0.717) is 18.7 Å². The molecule has 8 heteroatoms. The van der Waals surface area contributed by atoms with E-state index in [1.54, 1.807) is 18.4 Å². The first-order chi connectivity index (χ1) is 10.0. The van der Waals surface area contributed by atoms with Gasteiger partial charge in [-0.25, -0.2) is 9.37 Å². The van der Waals surface area contributed by atoms with E-state index in [0.717, 1.165) is 10.6 Å². The number of carbonyl (C=O) groups is 1. The van der Waals surface area contributed by atoms with E-state index in [1.807, 2.05) is 0 Å². The summed E-state index contributed by atoms with van der Waals surface area (Å²) in [5.74, 6) is -0.757. The molecule has 22 heavy (non-hydrogen) atoms. The maximum absolute atomic E-state index is 13.1. The Balaban J connectivity index is 0.00000242. The Morgan fingerprint density at radius 1 is 1.55 bits per heavy atom. The second kappa shape index (κ2) is 8.43. The summed E-state index contributed by atoms with van der Waals surface area (Å²) in [5.41, 5.74) is 6.55. The van der Waals surface area contributed by atoms with Crippen LogP contribution < -0.4 is 11.1 Å². The van der Waals surface area contributed by atoms with E-state index in [4.69, 9.17) is 17.3 Å². The summed E-state index contributed by atoms with van der Waals surface area (Å²) in [7, 11) is 0. The third kappa shape index (κ3) is 4.64. The summed E-state index contributed by atoms with van der Waals surface area (Å²) in [6, 6.07) is 4.08. The molecule has 0 radical (unpaired) electrons. The number of nitrogens with zero attached hydrogens (tertiary/aromatic N) is 1. The normalized spacial score (nSPS) is 11.6. The van der Waals surface area contributed by atoms with Crippen LogP contribution in [0.4, 0.5) is 4.39 Å². The third-order valence-electron chi connectivity index (χ3n) is 2.93. The van der Waals surface area contributed by atoms with Crippen LogP contribution in [0.5, 0.6) is 0 Å². The van der Waals surface area contributed by atoms with Gasteiger partial charge in [-0.2, -0.15) is 0 Å².